The van der Waals surface area contributed by atoms with Crippen molar-refractivity contribution in [3.63, 3.8) is 0 Å². The number of fused-ring (bicyclic) bond motifs is 3. The van der Waals surface area contributed by atoms with Gasteiger partial charge in [-0.15, -0.1) is 0 Å². The monoisotopic (exact) mass is 588 g/mol. The number of aromatic nitrogens is 1. The zero-order valence-corrected chi connectivity index (χ0v) is 26.2. The third-order valence-corrected chi connectivity index (χ3v) is 9.15. The topological polar surface area (TPSA) is 66.4 Å². The van der Waals surface area contributed by atoms with Crippen LogP contribution in [0.4, 0.5) is 0 Å². The molecule has 2 heterocycles. The van der Waals surface area contributed by atoms with E-state index in [2.05, 4.69) is 84.8 Å². The fourth-order valence-corrected chi connectivity index (χ4v) is 6.98. The van der Waals surface area contributed by atoms with Crippen LogP contribution in [0, 0.1) is 5.41 Å². The summed E-state index contributed by atoms with van der Waals surface area (Å²) in [4.78, 5) is 29.9. The summed E-state index contributed by atoms with van der Waals surface area (Å²) < 4.78 is 1.98. The molecular formula is C38H44N4O2. The maximum Gasteiger partial charge on any atom is 0.253 e. The molecule has 4 aromatic rings. The minimum absolute atomic E-state index is 0.000550. The summed E-state index contributed by atoms with van der Waals surface area (Å²) in [5.41, 5.74) is 5.48. The molecule has 6 nitrogen and oxygen atoms in total. The number of likely N-dealkylation sites (tertiary alicyclic amines) is 1. The highest BCUT2D eigenvalue weighted by Crippen LogP contribution is 2.51. The first-order valence-corrected chi connectivity index (χ1v) is 16.0. The molecule has 1 fully saturated rings. The molecule has 6 heteroatoms. The molecule has 1 aliphatic carbocycles. The Kier molecular flexibility index (Phi) is 8.46. The molecule has 1 atom stereocenters. The average Bonchev–Trinajstić information content (AvgIpc) is 3.78. The SMILES string of the molecule is CC(C)(C)CNC(=O)C1(CCCCN2CCC(NC(=O)c3ccccc3-n3cccc3)C2)c2ccccc2-c2ccccc21. The van der Waals surface area contributed by atoms with Crippen molar-refractivity contribution in [2.45, 2.75) is 57.9 Å². The first-order valence-electron chi connectivity index (χ1n) is 16.0. The van der Waals surface area contributed by atoms with Crippen LogP contribution in [0.15, 0.2) is 97.3 Å². The number of benzene rings is 3. The van der Waals surface area contributed by atoms with E-state index in [1.54, 1.807) is 0 Å². The molecule has 44 heavy (non-hydrogen) atoms. The van der Waals surface area contributed by atoms with Crippen molar-refractivity contribution in [3.05, 3.63) is 114 Å². The fourth-order valence-electron chi connectivity index (χ4n) is 6.98. The second-order valence-corrected chi connectivity index (χ2v) is 13.6. The van der Waals surface area contributed by atoms with Gasteiger partial charge in [0, 0.05) is 38.1 Å². The lowest BCUT2D eigenvalue weighted by molar-refractivity contribution is -0.126. The van der Waals surface area contributed by atoms with Gasteiger partial charge < -0.3 is 20.1 Å². The van der Waals surface area contributed by atoms with Crippen molar-refractivity contribution >= 4 is 11.8 Å². The second-order valence-electron chi connectivity index (χ2n) is 13.6. The Morgan fingerprint density at radius 1 is 0.841 bits per heavy atom. The lowest BCUT2D eigenvalue weighted by Crippen LogP contribution is -2.46. The van der Waals surface area contributed by atoms with Crippen LogP contribution in [0.1, 0.15) is 67.9 Å². The smallest absolute Gasteiger partial charge is 0.253 e. The first-order chi connectivity index (χ1) is 21.3. The van der Waals surface area contributed by atoms with Gasteiger partial charge in [0.25, 0.3) is 5.91 Å². The lowest BCUT2D eigenvalue weighted by Gasteiger charge is -2.32. The molecule has 0 spiro atoms. The third kappa shape index (κ3) is 5.96. The van der Waals surface area contributed by atoms with Gasteiger partial charge in [-0.3, -0.25) is 9.59 Å². The summed E-state index contributed by atoms with van der Waals surface area (Å²) in [5, 5.41) is 6.61. The van der Waals surface area contributed by atoms with Gasteiger partial charge in [-0.25, -0.2) is 0 Å². The first kappa shape index (κ1) is 29.9. The van der Waals surface area contributed by atoms with Crippen LogP contribution in [0.25, 0.3) is 16.8 Å². The number of hydrogen-bond donors (Lipinski definition) is 2. The van der Waals surface area contributed by atoms with Gasteiger partial charge in [-0.2, -0.15) is 0 Å². The van der Waals surface area contributed by atoms with Gasteiger partial charge in [-0.05, 0) is 77.7 Å². The molecule has 3 aromatic carbocycles. The summed E-state index contributed by atoms with van der Waals surface area (Å²) in [5.74, 6) is 0.0805. The molecule has 0 radical (unpaired) electrons. The Hall–Kier alpha value is -4.16. The second kappa shape index (κ2) is 12.4. The fraction of sp³-hybridized carbons (Fsp3) is 0.368. The van der Waals surface area contributed by atoms with Gasteiger partial charge in [0.15, 0.2) is 0 Å². The van der Waals surface area contributed by atoms with Crippen LogP contribution in [0.2, 0.25) is 0 Å². The van der Waals surface area contributed by atoms with E-state index < -0.39 is 5.41 Å². The average molecular weight is 589 g/mol. The van der Waals surface area contributed by atoms with Crippen molar-refractivity contribution in [1.29, 1.82) is 0 Å². The van der Waals surface area contributed by atoms with E-state index in [1.165, 1.54) is 11.1 Å². The molecule has 1 aromatic heterocycles. The largest absolute Gasteiger partial charge is 0.355 e. The minimum Gasteiger partial charge on any atom is -0.355 e. The number of carbonyl (C=O) groups excluding carboxylic acids is 2. The standard InChI is InChI=1S/C38H44N4O2/c1-37(2,3)27-39-36(44)38(32-17-7-4-14-29(32)30-15-5-8-18-33(30)38)21-10-11-22-41-25-20-28(26-41)40-35(43)31-16-6-9-19-34(31)42-23-12-13-24-42/h4-9,12-19,23-24,28H,10-11,20-22,25-27H2,1-3H3,(H,39,44)(H,40,43). The zero-order valence-electron chi connectivity index (χ0n) is 26.2. The molecule has 2 aliphatic rings. The predicted molar refractivity (Wildman–Crippen MR) is 177 cm³/mol. The van der Waals surface area contributed by atoms with Gasteiger partial charge in [0.1, 0.15) is 5.41 Å². The van der Waals surface area contributed by atoms with Crippen molar-refractivity contribution < 1.29 is 9.59 Å². The summed E-state index contributed by atoms with van der Waals surface area (Å²) in [7, 11) is 0. The van der Waals surface area contributed by atoms with Crippen molar-refractivity contribution in [1.82, 2.24) is 20.1 Å². The van der Waals surface area contributed by atoms with Crippen molar-refractivity contribution in [2.24, 2.45) is 5.41 Å². The Morgan fingerprint density at radius 3 is 2.16 bits per heavy atom. The molecule has 6 rings (SSSR count). The highest BCUT2D eigenvalue weighted by Gasteiger charge is 2.48. The molecule has 2 amide bonds. The lowest BCUT2D eigenvalue weighted by atomic mass is 9.73. The minimum atomic E-state index is -0.687. The molecule has 2 N–H and O–H groups in total. The number of carbonyl (C=O) groups is 2. The van der Waals surface area contributed by atoms with E-state index in [0.717, 1.165) is 62.1 Å². The van der Waals surface area contributed by atoms with E-state index in [1.807, 2.05) is 53.4 Å². The van der Waals surface area contributed by atoms with Gasteiger partial charge in [-0.1, -0.05) is 87.9 Å². The summed E-state index contributed by atoms with van der Waals surface area (Å²) in [6, 6.07) is 28.7. The van der Waals surface area contributed by atoms with Crippen LogP contribution in [-0.2, 0) is 10.2 Å². The maximum atomic E-state index is 14.2. The summed E-state index contributed by atoms with van der Waals surface area (Å²) in [6.07, 6.45) is 7.56. The highest BCUT2D eigenvalue weighted by atomic mass is 16.2. The van der Waals surface area contributed by atoms with Crippen LogP contribution in [0.3, 0.4) is 0 Å². The number of unbranched alkanes of at least 4 members (excludes halogenated alkanes) is 1. The zero-order chi connectivity index (χ0) is 30.7. The third-order valence-electron chi connectivity index (χ3n) is 9.15. The number of hydrogen-bond acceptors (Lipinski definition) is 3. The van der Waals surface area contributed by atoms with Crippen molar-refractivity contribution in [3.8, 4) is 16.8 Å². The number of para-hydroxylation sites is 1. The van der Waals surface area contributed by atoms with Crippen LogP contribution >= 0.6 is 0 Å². The quantitative estimate of drug-likeness (QED) is 0.206. The van der Waals surface area contributed by atoms with E-state index >= 15 is 0 Å². The molecule has 0 saturated carbocycles. The van der Waals surface area contributed by atoms with E-state index in [4.69, 9.17) is 0 Å². The van der Waals surface area contributed by atoms with Crippen molar-refractivity contribution in [2.75, 3.05) is 26.2 Å². The Balaban J connectivity index is 1.10. The molecule has 1 unspecified atom stereocenters. The molecule has 1 saturated heterocycles. The van der Waals surface area contributed by atoms with E-state index in [-0.39, 0.29) is 23.3 Å². The Labute approximate surface area is 261 Å². The van der Waals surface area contributed by atoms with Gasteiger partial charge in [0.05, 0.1) is 11.3 Å². The number of amides is 2. The summed E-state index contributed by atoms with van der Waals surface area (Å²) >= 11 is 0. The highest BCUT2D eigenvalue weighted by molar-refractivity contribution is 6.00. The normalized spacial score (nSPS) is 17.2. The van der Waals surface area contributed by atoms with Crippen LogP contribution in [-0.4, -0.2) is 53.5 Å². The van der Waals surface area contributed by atoms with E-state index in [9.17, 15) is 9.59 Å². The molecular weight excluding hydrogens is 544 g/mol. The predicted octanol–water partition coefficient (Wildman–Crippen LogP) is 6.58. The Bertz CT molecular complexity index is 1570. The molecule has 1 aliphatic heterocycles. The summed E-state index contributed by atoms with van der Waals surface area (Å²) in [6.45, 7) is 9.87. The van der Waals surface area contributed by atoms with E-state index in [0.29, 0.717) is 12.1 Å². The maximum absolute atomic E-state index is 14.2. The van der Waals surface area contributed by atoms with Gasteiger partial charge in [0.2, 0.25) is 5.91 Å². The molecule has 0 bridgehead atoms. The molecule has 228 valence electrons. The number of rotatable bonds is 10. The van der Waals surface area contributed by atoms with Crippen LogP contribution in [0.5, 0.6) is 0 Å². The van der Waals surface area contributed by atoms with Crippen LogP contribution < -0.4 is 10.6 Å². The number of nitrogens with one attached hydrogen (secondary N) is 2. The number of nitrogens with zero attached hydrogens (tertiary/aromatic N) is 2. The van der Waals surface area contributed by atoms with Gasteiger partial charge >= 0.3 is 0 Å². The Morgan fingerprint density at radius 2 is 1.48 bits per heavy atom.